The summed E-state index contributed by atoms with van der Waals surface area (Å²) < 4.78 is 0. The van der Waals surface area contributed by atoms with E-state index in [1.165, 1.54) is 51.4 Å². The van der Waals surface area contributed by atoms with Crippen molar-refractivity contribution in [1.82, 2.24) is 5.32 Å². The molecule has 124 valence electrons. The maximum absolute atomic E-state index is 6.11. The number of aliphatic imine (C=N–C) groups is 1. The van der Waals surface area contributed by atoms with Gasteiger partial charge in [0.15, 0.2) is 5.96 Å². The fraction of sp³-hybridized carbons (Fsp3) is 0.842. The summed E-state index contributed by atoms with van der Waals surface area (Å²) in [5, 5.41) is 3.46. The molecular weight excluding hydrogens is 270 g/mol. The zero-order valence-corrected chi connectivity index (χ0v) is 14.3. The molecule has 3 nitrogen and oxygen atoms in total. The van der Waals surface area contributed by atoms with E-state index < -0.39 is 0 Å². The minimum Gasteiger partial charge on any atom is -0.370 e. The second-order valence-electron chi connectivity index (χ2n) is 7.61. The topological polar surface area (TPSA) is 50.4 Å². The van der Waals surface area contributed by atoms with Gasteiger partial charge in [0.1, 0.15) is 0 Å². The van der Waals surface area contributed by atoms with Crippen molar-refractivity contribution in [2.75, 3.05) is 0 Å². The monoisotopic (exact) mass is 303 g/mol. The van der Waals surface area contributed by atoms with Gasteiger partial charge in [-0.05, 0) is 49.9 Å². The Hall–Kier alpha value is -0.990. The molecule has 1 heterocycles. The van der Waals surface area contributed by atoms with E-state index in [0.717, 1.165) is 17.8 Å². The third kappa shape index (κ3) is 3.04. The lowest BCUT2D eigenvalue weighted by atomic mass is 9.63. The molecular formula is C19H33N3. The fourth-order valence-electron chi connectivity index (χ4n) is 5.34. The summed E-state index contributed by atoms with van der Waals surface area (Å²) >= 11 is 0. The van der Waals surface area contributed by atoms with Crippen LogP contribution in [0, 0.1) is 23.7 Å². The molecule has 0 aromatic rings. The number of hydrogen-bond donors (Lipinski definition) is 2. The predicted molar refractivity (Wildman–Crippen MR) is 93.7 cm³/mol. The van der Waals surface area contributed by atoms with E-state index in [1.807, 2.05) is 0 Å². The van der Waals surface area contributed by atoms with Crippen LogP contribution in [0.4, 0.5) is 0 Å². The van der Waals surface area contributed by atoms with E-state index in [9.17, 15) is 0 Å². The summed E-state index contributed by atoms with van der Waals surface area (Å²) in [5.41, 5.74) is 6.11. The Morgan fingerprint density at radius 2 is 2.09 bits per heavy atom. The second kappa shape index (κ2) is 7.06. The fourth-order valence-corrected chi connectivity index (χ4v) is 5.34. The Morgan fingerprint density at radius 1 is 1.23 bits per heavy atom. The minimum atomic E-state index is 0.468. The standard InChI is InChI=1S/C19H33N3/c1-3-5-6-7-9-15-13(8-4-2)12-14-10-11-16-17(14)18(15)22-19(20)21-16/h6-7,13-18H,3-5,8-12H2,1-2H3,(H3,20,21,22). The van der Waals surface area contributed by atoms with Crippen LogP contribution < -0.4 is 11.1 Å². The molecule has 0 spiro atoms. The first-order valence-electron chi connectivity index (χ1n) is 9.49. The molecule has 0 amide bonds. The van der Waals surface area contributed by atoms with Crippen LogP contribution in [-0.4, -0.2) is 18.0 Å². The van der Waals surface area contributed by atoms with Crippen LogP contribution in [0.15, 0.2) is 17.1 Å². The Bertz CT molecular complexity index is 428. The molecule has 0 radical (unpaired) electrons. The average molecular weight is 303 g/mol. The highest BCUT2D eigenvalue weighted by molar-refractivity contribution is 5.79. The van der Waals surface area contributed by atoms with Crippen LogP contribution in [0.2, 0.25) is 0 Å². The quantitative estimate of drug-likeness (QED) is 0.732. The summed E-state index contributed by atoms with van der Waals surface area (Å²) in [6.07, 6.45) is 15.2. The second-order valence-corrected chi connectivity index (χ2v) is 7.61. The molecule has 22 heavy (non-hydrogen) atoms. The average Bonchev–Trinajstić information content (AvgIpc) is 2.89. The summed E-state index contributed by atoms with van der Waals surface area (Å²) in [6, 6.07) is 1.06. The molecule has 2 saturated carbocycles. The molecule has 6 atom stereocenters. The SMILES string of the molecule is CCCC=CCC1C(CCC)CC2CCC3NC(N)=NC1C23. The molecule has 6 unspecified atom stereocenters. The summed E-state index contributed by atoms with van der Waals surface area (Å²) in [5.74, 6) is 3.87. The lowest BCUT2D eigenvalue weighted by Gasteiger charge is -2.47. The first-order chi connectivity index (χ1) is 10.7. The van der Waals surface area contributed by atoms with Crippen LogP contribution in [0.3, 0.4) is 0 Å². The normalized spacial score (nSPS) is 40.4. The zero-order valence-electron chi connectivity index (χ0n) is 14.3. The van der Waals surface area contributed by atoms with E-state index in [0.29, 0.717) is 24.0 Å². The van der Waals surface area contributed by atoms with Crippen LogP contribution in [-0.2, 0) is 0 Å². The summed E-state index contributed by atoms with van der Waals surface area (Å²) in [4.78, 5) is 4.91. The molecule has 0 aromatic heterocycles. The number of unbranched alkanes of at least 4 members (excludes halogenated alkanes) is 1. The van der Waals surface area contributed by atoms with Gasteiger partial charge in [-0.1, -0.05) is 45.3 Å². The first kappa shape index (κ1) is 15.9. The molecule has 0 bridgehead atoms. The largest absolute Gasteiger partial charge is 0.370 e. The van der Waals surface area contributed by atoms with Gasteiger partial charge in [0.25, 0.3) is 0 Å². The third-order valence-corrected chi connectivity index (χ3v) is 6.21. The maximum atomic E-state index is 6.11. The van der Waals surface area contributed by atoms with Crippen molar-refractivity contribution in [1.29, 1.82) is 0 Å². The van der Waals surface area contributed by atoms with Gasteiger partial charge < -0.3 is 11.1 Å². The van der Waals surface area contributed by atoms with Crippen molar-refractivity contribution in [3.63, 3.8) is 0 Å². The van der Waals surface area contributed by atoms with Gasteiger partial charge in [-0.3, -0.25) is 0 Å². The Kier molecular flexibility index (Phi) is 5.10. The Labute approximate surface area is 135 Å². The summed E-state index contributed by atoms with van der Waals surface area (Å²) in [7, 11) is 0. The van der Waals surface area contributed by atoms with Gasteiger partial charge in [-0.25, -0.2) is 4.99 Å². The van der Waals surface area contributed by atoms with Gasteiger partial charge >= 0.3 is 0 Å². The van der Waals surface area contributed by atoms with E-state index in [-0.39, 0.29) is 0 Å². The number of nitrogens with one attached hydrogen (secondary N) is 1. The molecule has 1 aliphatic heterocycles. The number of guanidine groups is 1. The number of hydrogen-bond acceptors (Lipinski definition) is 3. The number of allylic oxidation sites excluding steroid dienone is 2. The minimum absolute atomic E-state index is 0.468. The van der Waals surface area contributed by atoms with E-state index in [1.54, 1.807) is 0 Å². The van der Waals surface area contributed by atoms with E-state index in [2.05, 4.69) is 31.3 Å². The highest BCUT2D eigenvalue weighted by atomic mass is 15.2. The van der Waals surface area contributed by atoms with Gasteiger partial charge in [0.2, 0.25) is 0 Å². The lowest BCUT2D eigenvalue weighted by Crippen LogP contribution is -2.56. The van der Waals surface area contributed by atoms with E-state index in [4.69, 9.17) is 10.7 Å². The van der Waals surface area contributed by atoms with Crippen molar-refractivity contribution in [2.45, 2.75) is 77.3 Å². The highest BCUT2D eigenvalue weighted by Crippen LogP contribution is 2.51. The van der Waals surface area contributed by atoms with Crippen molar-refractivity contribution < 1.29 is 0 Å². The molecule has 2 aliphatic carbocycles. The van der Waals surface area contributed by atoms with Crippen molar-refractivity contribution in [3.8, 4) is 0 Å². The summed E-state index contributed by atoms with van der Waals surface area (Å²) in [6.45, 7) is 4.57. The lowest BCUT2D eigenvalue weighted by molar-refractivity contribution is 0.0836. The maximum Gasteiger partial charge on any atom is 0.189 e. The van der Waals surface area contributed by atoms with Gasteiger partial charge in [-0.2, -0.15) is 0 Å². The molecule has 3 N–H and O–H groups in total. The smallest absolute Gasteiger partial charge is 0.189 e. The number of rotatable bonds is 6. The third-order valence-electron chi connectivity index (χ3n) is 6.21. The van der Waals surface area contributed by atoms with Gasteiger partial charge in [0.05, 0.1) is 6.04 Å². The molecule has 0 aromatic carbocycles. The Morgan fingerprint density at radius 3 is 2.86 bits per heavy atom. The van der Waals surface area contributed by atoms with Crippen molar-refractivity contribution >= 4 is 5.96 Å². The predicted octanol–water partition coefficient (Wildman–Crippen LogP) is 3.85. The van der Waals surface area contributed by atoms with E-state index >= 15 is 0 Å². The molecule has 3 rings (SSSR count). The van der Waals surface area contributed by atoms with Gasteiger partial charge in [-0.15, -0.1) is 0 Å². The van der Waals surface area contributed by atoms with Crippen LogP contribution >= 0.6 is 0 Å². The van der Waals surface area contributed by atoms with Crippen molar-refractivity contribution in [3.05, 3.63) is 12.2 Å². The molecule has 3 heteroatoms. The Balaban J connectivity index is 1.80. The number of nitrogens with zero attached hydrogens (tertiary/aromatic N) is 1. The van der Waals surface area contributed by atoms with Crippen molar-refractivity contribution in [2.24, 2.45) is 34.4 Å². The molecule has 3 aliphatic rings. The molecule has 0 saturated heterocycles. The molecule has 2 fully saturated rings. The first-order valence-corrected chi connectivity index (χ1v) is 9.49. The number of nitrogens with two attached hydrogens (primary N) is 1. The van der Waals surface area contributed by atoms with Gasteiger partial charge in [0, 0.05) is 12.0 Å². The van der Waals surface area contributed by atoms with Crippen LogP contribution in [0.1, 0.15) is 65.2 Å². The van der Waals surface area contributed by atoms with Crippen LogP contribution in [0.25, 0.3) is 0 Å². The van der Waals surface area contributed by atoms with Crippen LogP contribution in [0.5, 0.6) is 0 Å². The zero-order chi connectivity index (χ0) is 15.5. The highest BCUT2D eigenvalue weighted by Gasteiger charge is 2.51.